The van der Waals surface area contributed by atoms with Gasteiger partial charge < -0.3 is 10.1 Å². The van der Waals surface area contributed by atoms with Gasteiger partial charge in [-0.1, -0.05) is 35.6 Å². The van der Waals surface area contributed by atoms with E-state index in [0.717, 1.165) is 16.2 Å². The summed E-state index contributed by atoms with van der Waals surface area (Å²) in [7, 11) is 0. The highest BCUT2D eigenvalue weighted by molar-refractivity contribution is 7.10. The van der Waals surface area contributed by atoms with Gasteiger partial charge in [0.15, 0.2) is 4.80 Å². The molecule has 7 nitrogen and oxygen atoms in total. The quantitative estimate of drug-likeness (QED) is 0.618. The van der Waals surface area contributed by atoms with E-state index in [2.05, 4.69) is 10.3 Å². The van der Waals surface area contributed by atoms with Crippen LogP contribution in [0, 0.1) is 0 Å². The van der Waals surface area contributed by atoms with Crippen LogP contribution in [-0.4, -0.2) is 23.1 Å². The summed E-state index contributed by atoms with van der Waals surface area (Å²) < 4.78 is 7.08. The Morgan fingerprint density at radius 2 is 2.03 bits per heavy atom. The van der Waals surface area contributed by atoms with Crippen LogP contribution in [0.15, 0.2) is 62.8 Å². The van der Waals surface area contributed by atoms with Crippen LogP contribution in [0.2, 0.25) is 0 Å². The van der Waals surface area contributed by atoms with Crippen molar-refractivity contribution in [1.82, 2.24) is 4.57 Å². The Balaban J connectivity index is 1.82. The lowest BCUT2D eigenvalue weighted by atomic mass is 10.0. The van der Waals surface area contributed by atoms with E-state index in [-0.39, 0.29) is 18.1 Å². The van der Waals surface area contributed by atoms with E-state index in [0.29, 0.717) is 37.4 Å². The molecule has 1 amide bonds. The number of carbonyl (C=O) groups is 2. The number of rotatable bonds is 3. The number of aromatic nitrogens is 1. The van der Waals surface area contributed by atoms with Gasteiger partial charge in [0.2, 0.25) is 0 Å². The van der Waals surface area contributed by atoms with Crippen molar-refractivity contribution in [1.29, 1.82) is 0 Å². The van der Waals surface area contributed by atoms with E-state index in [1.807, 2.05) is 35.7 Å². The van der Waals surface area contributed by atoms with Gasteiger partial charge >= 0.3 is 5.97 Å². The number of ether oxygens (including phenoxy) is 1. The van der Waals surface area contributed by atoms with Crippen molar-refractivity contribution in [2.75, 3.05) is 11.9 Å². The lowest BCUT2D eigenvalue weighted by Gasteiger charge is -2.23. The van der Waals surface area contributed by atoms with E-state index < -0.39 is 12.0 Å². The zero-order chi connectivity index (χ0) is 21.7. The normalized spacial score (nSPS) is 18.9. The van der Waals surface area contributed by atoms with Crippen molar-refractivity contribution in [3.8, 4) is 0 Å². The number of nitrogens with zero attached hydrogens (tertiary/aromatic N) is 2. The molecule has 0 spiro atoms. The molecule has 0 bridgehead atoms. The van der Waals surface area contributed by atoms with Crippen LogP contribution < -0.4 is 20.2 Å². The molecule has 1 unspecified atom stereocenters. The van der Waals surface area contributed by atoms with Crippen LogP contribution in [0.3, 0.4) is 0 Å². The summed E-state index contributed by atoms with van der Waals surface area (Å²) in [4.78, 5) is 45.0. The lowest BCUT2D eigenvalue weighted by molar-refractivity contribution is -0.139. The molecule has 4 heterocycles. The summed E-state index contributed by atoms with van der Waals surface area (Å²) in [6.45, 7) is 3.70. The summed E-state index contributed by atoms with van der Waals surface area (Å²) >= 11 is 2.61. The third-order valence-corrected chi connectivity index (χ3v) is 7.18. The van der Waals surface area contributed by atoms with Gasteiger partial charge in [-0.05, 0) is 31.4 Å². The molecule has 156 valence electrons. The largest absolute Gasteiger partial charge is 0.463 e. The molecule has 1 atom stereocenters. The molecule has 0 aliphatic carbocycles. The average Bonchev–Trinajstić information content (AvgIpc) is 3.45. The first-order chi connectivity index (χ1) is 15.0. The number of hydrogen-bond acceptors (Lipinski definition) is 7. The van der Waals surface area contributed by atoms with E-state index >= 15 is 0 Å². The second kappa shape index (κ2) is 7.44. The Hall–Kier alpha value is -3.30. The number of allylic oxidation sites excluding steroid dienone is 1. The zero-order valence-electron chi connectivity index (χ0n) is 16.7. The number of anilines is 1. The lowest BCUT2D eigenvalue weighted by Crippen LogP contribution is -2.40. The fourth-order valence-corrected chi connectivity index (χ4v) is 5.87. The number of benzene rings is 1. The van der Waals surface area contributed by atoms with Crippen LogP contribution in [0.5, 0.6) is 0 Å². The molecule has 31 heavy (non-hydrogen) atoms. The van der Waals surface area contributed by atoms with Gasteiger partial charge in [0.25, 0.3) is 11.5 Å². The molecule has 0 radical (unpaired) electrons. The van der Waals surface area contributed by atoms with Gasteiger partial charge in [0.1, 0.15) is 10.6 Å². The zero-order valence-corrected chi connectivity index (χ0v) is 18.3. The SMILES string of the molecule is CCOC(=O)C1=C(C)N=c2s/c(=C3\C(=O)Nc4ccccc43)c(=O)n2C1c1cccs1. The number of fused-ring (bicyclic) bond motifs is 2. The number of esters is 1. The highest BCUT2D eigenvalue weighted by Crippen LogP contribution is 2.34. The van der Waals surface area contributed by atoms with E-state index in [4.69, 9.17) is 4.74 Å². The molecule has 0 fully saturated rings. The summed E-state index contributed by atoms with van der Waals surface area (Å²) in [5, 5.41) is 4.71. The maximum atomic E-state index is 13.6. The third kappa shape index (κ3) is 3.00. The van der Waals surface area contributed by atoms with Crippen molar-refractivity contribution in [3.63, 3.8) is 0 Å². The van der Waals surface area contributed by atoms with E-state index in [1.54, 1.807) is 19.9 Å². The molecule has 9 heteroatoms. The number of para-hydroxylation sites is 1. The third-order valence-electron chi connectivity index (χ3n) is 5.20. The van der Waals surface area contributed by atoms with Crippen molar-refractivity contribution < 1.29 is 14.3 Å². The smallest absolute Gasteiger partial charge is 0.338 e. The Labute approximate surface area is 184 Å². The molecule has 2 aliphatic heterocycles. The Kier molecular flexibility index (Phi) is 4.71. The van der Waals surface area contributed by atoms with Gasteiger partial charge in [-0.3, -0.25) is 14.2 Å². The molecule has 0 saturated heterocycles. The van der Waals surface area contributed by atoms with Crippen LogP contribution >= 0.6 is 22.7 Å². The van der Waals surface area contributed by atoms with Gasteiger partial charge in [-0.25, -0.2) is 9.79 Å². The number of thiophene rings is 1. The van der Waals surface area contributed by atoms with Crippen molar-refractivity contribution in [3.05, 3.63) is 83.2 Å². The first-order valence-electron chi connectivity index (χ1n) is 9.67. The Morgan fingerprint density at radius 3 is 2.77 bits per heavy atom. The van der Waals surface area contributed by atoms with Gasteiger partial charge in [0, 0.05) is 16.1 Å². The predicted molar refractivity (Wildman–Crippen MR) is 119 cm³/mol. The molecule has 2 aliphatic rings. The van der Waals surface area contributed by atoms with Crippen LogP contribution in [0.1, 0.15) is 30.3 Å². The predicted octanol–water partition coefficient (Wildman–Crippen LogP) is 2.18. The average molecular weight is 452 g/mol. The Morgan fingerprint density at radius 1 is 1.23 bits per heavy atom. The second-order valence-electron chi connectivity index (χ2n) is 7.01. The first kappa shape index (κ1) is 19.7. The molecule has 1 aromatic carbocycles. The van der Waals surface area contributed by atoms with Gasteiger partial charge in [0.05, 0.1) is 23.5 Å². The van der Waals surface area contributed by atoms with Crippen LogP contribution in [-0.2, 0) is 14.3 Å². The van der Waals surface area contributed by atoms with Gasteiger partial charge in [-0.15, -0.1) is 11.3 Å². The van der Waals surface area contributed by atoms with Crippen molar-refractivity contribution >= 4 is 45.8 Å². The number of carbonyl (C=O) groups excluding carboxylic acids is 2. The topological polar surface area (TPSA) is 89.8 Å². The van der Waals surface area contributed by atoms with Crippen molar-refractivity contribution in [2.45, 2.75) is 19.9 Å². The molecule has 2 aromatic heterocycles. The fourth-order valence-electron chi connectivity index (χ4n) is 3.90. The van der Waals surface area contributed by atoms with Crippen LogP contribution in [0.4, 0.5) is 5.69 Å². The summed E-state index contributed by atoms with van der Waals surface area (Å²) in [6, 6.07) is 10.4. The number of nitrogens with one attached hydrogen (secondary N) is 1. The summed E-state index contributed by atoms with van der Waals surface area (Å²) in [6.07, 6.45) is 0. The minimum Gasteiger partial charge on any atom is -0.463 e. The molecular formula is C22H17N3O4S2. The maximum absolute atomic E-state index is 13.6. The minimum absolute atomic E-state index is 0.221. The molecular weight excluding hydrogens is 434 g/mol. The summed E-state index contributed by atoms with van der Waals surface area (Å²) in [5.41, 5.74) is 2.19. The molecule has 0 saturated carbocycles. The van der Waals surface area contributed by atoms with Crippen molar-refractivity contribution in [2.24, 2.45) is 4.99 Å². The molecule has 1 N–H and O–H groups in total. The number of amides is 1. The van der Waals surface area contributed by atoms with E-state index in [1.165, 1.54) is 15.9 Å². The first-order valence-corrected chi connectivity index (χ1v) is 11.4. The number of hydrogen-bond donors (Lipinski definition) is 1. The standard InChI is InChI=1S/C22H17N3O4S2/c1-3-29-21(28)15-11(2)23-22-25(17(15)14-9-6-10-30-14)20(27)18(31-22)16-12-7-4-5-8-13(12)24-19(16)26/h4-10,17H,3H2,1-2H3,(H,24,26)/b18-16-. The highest BCUT2D eigenvalue weighted by Gasteiger charge is 2.35. The second-order valence-corrected chi connectivity index (χ2v) is 8.97. The molecule has 3 aromatic rings. The monoisotopic (exact) mass is 451 g/mol. The van der Waals surface area contributed by atoms with Crippen LogP contribution in [0.25, 0.3) is 5.57 Å². The number of thiazole rings is 1. The fraction of sp³-hybridized carbons (Fsp3) is 0.182. The maximum Gasteiger partial charge on any atom is 0.338 e. The van der Waals surface area contributed by atoms with E-state index in [9.17, 15) is 14.4 Å². The highest BCUT2D eigenvalue weighted by atomic mass is 32.1. The summed E-state index contributed by atoms with van der Waals surface area (Å²) in [5.74, 6) is -0.815. The minimum atomic E-state index is -0.649. The molecule has 5 rings (SSSR count). The Bertz CT molecular complexity index is 1440. The van der Waals surface area contributed by atoms with Gasteiger partial charge in [-0.2, -0.15) is 0 Å².